The SMILES string of the molecule is Brc1ccc(CC2CCCCCC2CNC2CC2)cc1. The predicted molar refractivity (Wildman–Crippen MR) is 88.9 cm³/mol. The van der Waals surface area contributed by atoms with Crippen molar-refractivity contribution in [2.24, 2.45) is 11.8 Å². The van der Waals surface area contributed by atoms with Crippen molar-refractivity contribution >= 4 is 15.9 Å². The molecule has 1 nitrogen and oxygen atoms in total. The van der Waals surface area contributed by atoms with Gasteiger partial charge in [-0.05, 0) is 68.2 Å². The van der Waals surface area contributed by atoms with Crippen LogP contribution in [-0.4, -0.2) is 12.6 Å². The summed E-state index contributed by atoms with van der Waals surface area (Å²) in [4.78, 5) is 0. The molecule has 0 aromatic heterocycles. The molecule has 0 aliphatic heterocycles. The summed E-state index contributed by atoms with van der Waals surface area (Å²) in [5.74, 6) is 1.77. The lowest BCUT2D eigenvalue weighted by Gasteiger charge is -2.26. The van der Waals surface area contributed by atoms with Gasteiger partial charge in [-0.25, -0.2) is 0 Å². The summed E-state index contributed by atoms with van der Waals surface area (Å²) in [7, 11) is 0. The van der Waals surface area contributed by atoms with Crippen LogP contribution in [0.3, 0.4) is 0 Å². The topological polar surface area (TPSA) is 12.0 Å². The van der Waals surface area contributed by atoms with E-state index in [4.69, 9.17) is 0 Å². The van der Waals surface area contributed by atoms with Gasteiger partial charge in [-0.15, -0.1) is 0 Å². The maximum Gasteiger partial charge on any atom is 0.0175 e. The Kier molecular flexibility index (Phi) is 5.17. The van der Waals surface area contributed by atoms with E-state index in [2.05, 4.69) is 45.5 Å². The molecule has 0 amide bonds. The third kappa shape index (κ3) is 4.33. The standard InChI is InChI=1S/C18H26BrN/c19-17-8-6-14(7-9-17)12-15-4-2-1-3-5-16(15)13-20-18-10-11-18/h6-9,15-16,18,20H,1-5,10-13H2. The first-order valence-electron chi connectivity index (χ1n) is 8.29. The molecule has 2 aliphatic carbocycles. The normalized spacial score (nSPS) is 27.2. The second-order valence-electron chi connectivity index (χ2n) is 6.67. The van der Waals surface area contributed by atoms with E-state index in [1.807, 2.05) is 0 Å². The average Bonchev–Trinajstić information content (AvgIpc) is 3.27. The van der Waals surface area contributed by atoms with E-state index in [1.165, 1.54) is 67.9 Å². The molecule has 2 fully saturated rings. The average molecular weight is 336 g/mol. The lowest BCUT2D eigenvalue weighted by Crippen LogP contribution is -2.30. The third-order valence-corrected chi connectivity index (χ3v) is 5.50. The van der Waals surface area contributed by atoms with E-state index in [9.17, 15) is 0 Å². The molecule has 0 radical (unpaired) electrons. The molecule has 2 heteroatoms. The third-order valence-electron chi connectivity index (χ3n) is 4.97. The quantitative estimate of drug-likeness (QED) is 0.751. The van der Waals surface area contributed by atoms with Crippen molar-refractivity contribution in [2.75, 3.05) is 6.54 Å². The van der Waals surface area contributed by atoms with Crippen LogP contribution in [0.5, 0.6) is 0 Å². The molecular formula is C18H26BrN. The van der Waals surface area contributed by atoms with Crippen molar-refractivity contribution in [3.8, 4) is 0 Å². The fraction of sp³-hybridized carbons (Fsp3) is 0.667. The van der Waals surface area contributed by atoms with Crippen molar-refractivity contribution in [3.63, 3.8) is 0 Å². The highest BCUT2D eigenvalue weighted by molar-refractivity contribution is 9.10. The number of hydrogen-bond donors (Lipinski definition) is 1. The Bertz CT molecular complexity index is 410. The largest absolute Gasteiger partial charge is 0.314 e. The Morgan fingerprint density at radius 1 is 0.900 bits per heavy atom. The van der Waals surface area contributed by atoms with Gasteiger partial charge in [-0.2, -0.15) is 0 Å². The Balaban J connectivity index is 1.60. The van der Waals surface area contributed by atoms with Gasteiger partial charge in [0.25, 0.3) is 0 Å². The summed E-state index contributed by atoms with van der Waals surface area (Å²) in [5, 5.41) is 3.77. The van der Waals surface area contributed by atoms with Crippen LogP contribution < -0.4 is 5.32 Å². The molecule has 1 N–H and O–H groups in total. The summed E-state index contributed by atoms with van der Waals surface area (Å²) in [5.41, 5.74) is 1.51. The van der Waals surface area contributed by atoms with Crippen LogP contribution in [0.4, 0.5) is 0 Å². The molecule has 2 unspecified atom stereocenters. The van der Waals surface area contributed by atoms with Crippen LogP contribution in [0.1, 0.15) is 50.5 Å². The van der Waals surface area contributed by atoms with Gasteiger partial charge in [0.05, 0.1) is 0 Å². The molecule has 20 heavy (non-hydrogen) atoms. The van der Waals surface area contributed by atoms with Crippen molar-refractivity contribution in [1.29, 1.82) is 0 Å². The van der Waals surface area contributed by atoms with Gasteiger partial charge in [-0.3, -0.25) is 0 Å². The lowest BCUT2D eigenvalue weighted by atomic mass is 9.83. The summed E-state index contributed by atoms with van der Waals surface area (Å²) in [6.45, 7) is 1.26. The molecule has 110 valence electrons. The zero-order valence-corrected chi connectivity index (χ0v) is 13.9. The fourth-order valence-corrected chi connectivity index (χ4v) is 3.79. The van der Waals surface area contributed by atoms with Gasteiger partial charge >= 0.3 is 0 Å². The smallest absolute Gasteiger partial charge is 0.0175 e. The molecule has 1 aromatic carbocycles. The molecular weight excluding hydrogens is 310 g/mol. The van der Waals surface area contributed by atoms with E-state index in [1.54, 1.807) is 0 Å². The monoisotopic (exact) mass is 335 g/mol. The van der Waals surface area contributed by atoms with E-state index >= 15 is 0 Å². The number of nitrogens with one attached hydrogen (secondary N) is 1. The highest BCUT2D eigenvalue weighted by Crippen LogP contribution is 2.32. The molecule has 0 bridgehead atoms. The maximum absolute atomic E-state index is 3.77. The molecule has 0 heterocycles. The second-order valence-corrected chi connectivity index (χ2v) is 7.59. The first-order chi connectivity index (χ1) is 9.81. The summed E-state index contributed by atoms with van der Waals surface area (Å²) in [6, 6.07) is 9.81. The lowest BCUT2D eigenvalue weighted by molar-refractivity contribution is 0.297. The molecule has 2 atom stereocenters. The number of hydrogen-bond acceptors (Lipinski definition) is 1. The molecule has 0 saturated heterocycles. The highest BCUT2D eigenvalue weighted by Gasteiger charge is 2.27. The first kappa shape index (κ1) is 14.6. The van der Waals surface area contributed by atoms with Crippen molar-refractivity contribution in [1.82, 2.24) is 5.32 Å². The van der Waals surface area contributed by atoms with Crippen LogP contribution in [0.2, 0.25) is 0 Å². The Morgan fingerprint density at radius 3 is 2.30 bits per heavy atom. The number of halogens is 1. The van der Waals surface area contributed by atoms with Gasteiger partial charge in [0, 0.05) is 10.5 Å². The van der Waals surface area contributed by atoms with Crippen LogP contribution in [0.15, 0.2) is 28.7 Å². The summed E-state index contributed by atoms with van der Waals surface area (Å²) < 4.78 is 1.19. The maximum atomic E-state index is 3.77. The second kappa shape index (κ2) is 7.09. The summed E-state index contributed by atoms with van der Waals surface area (Å²) >= 11 is 3.53. The molecule has 2 saturated carbocycles. The van der Waals surface area contributed by atoms with Crippen LogP contribution in [-0.2, 0) is 6.42 Å². The zero-order valence-electron chi connectivity index (χ0n) is 12.3. The van der Waals surface area contributed by atoms with Crippen LogP contribution in [0.25, 0.3) is 0 Å². The molecule has 3 rings (SSSR count). The minimum Gasteiger partial charge on any atom is -0.314 e. The number of rotatable bonds is 5. The van der Waals surface area contributed by atoms with E-state index < -0.39 is 0 Å². The Morgan fingerprint density at radius 2 is 1.60 bits per heavy atom. The van der Waals surface area contributed by atoms with E-state index in [0.29, 0.717) is 0 Å². The van der Waals surface area contributed by atoms with Crippen molar-refractivity contribution in [3.05, 3.63) is 34.3 Å². The van der Waals surface area contributed by atoms with E-state index in [-0.39, 0.29) is 0 Å². The van der Waals surface area contributed by atoms with Gasteiger partial charge in [0.1, 0.15) is 0 Å². The van der Waals surface area contributed by atoms with Crippen molar-refractivity contribution in [2.45, 2.75) is 57.4 Å². The Labute approximate surface area is 131 Å². The molecule has 2 aliphatic rings. The van der Waals surface area contributed by atoms with Crippen LogP contribution in [0, 0.1) is 11.8 Å². The van der Waals surface area contributed by atoms with Gasteiger partial charge in [-0.1, -0.05) is 47.3 Å². The highest BCUT2D eigenvalue weighted by atomic mass is 79.9. The molecule has 1 aromatic rings. The zero-order chi connectivity index (χ0) is 13.8. The minimum atomic E-state index is 0.853. The minimum absolute atomic E-state index is 0.853. The van der Waals surface area contributed by atoms with Crippen LogP contribution >= 0.6 is 15.9 Å². The van der Waals surface area contributed by atoms with E-state index in [0.717, 1.165) is 17.9 Å². The molecule has 0 spiro atoms. The van der Waals surface area contributed by atoms with Gasteiger partial charge < -0.3 is 5.32 Å². The number of benzene rings is 1. The van der Waals surface area contributed by atoms with Crippen molar-refractivity contribution < 1.29 is 0 Å². The first-order valence-corrected chi connectivity index (χ1v) is 9.08. The predicted octanol–water partition coefficient (Wildman–Crippen LogP) is 4.94. The fourth-order valence-electron chi connectivity index (χ4n) is 3.53. The summed E-state index contributed by atoms with van der Waals surface area (Å²) in [6.07, 6.45) is 11.2. The van der Waals surface area contributed by atoms with Gasteiger partial charge in [0.15, 0.2) is 0 Å². The Hall–Kier alpha value is -0.340. The van der Waals surface area contributed by atoms with Gasteiger partial charge in [0.2, 0.25) is 0 Å².